The maximum Gasteiger partial charge on any atom is 0.307 e. The van der Waals surface area contributed by atoms with Crippen LogP contribution in [0.4, 0.5) is 0 Å². The number of aryl methyl sites for hydroxylation is 1. The Morgan fingerprint density at radius 3 is 2.44 bits per heavy atom. The van der Waals surface area contributed by atoms with E-state index in [1.165, 1.54) is 0 Å². The number of hydrogen-bond acceptors (Lipinski definition) is 5. The van der Waals surface area contributed by atoms with Gasteiger partial charge in [-0.1, -0.05) is 48.0 Å². The van der Waals surface area contributed by atoms with Gasteiger partial charge >= 0.3 is 5.97 Å². The zero-order chi connectivity index (χ0) is 17.9. The van der Waals surface area contributed by atoms with Crippen LogP contribution < -0.4 is 0 Å². The lowest BCUT2D eigenvalue weighted by atomic mass is 10.2. The molecular weight excluding hydrogens is 340 g/mol. The van der Waals surface area contributed by atoms with E-state index in [9.17, 15) is 13.2 Å². The van der Waals surface area contributed by atoms with Crippen LogP contribution in [0.2, 0.25) is 0 Å². The summed E-state index contributed by atoms with van der Waals surface area (Å²) in [4.78, 5) is 11.9. The summed E-state index contributed by atoms with van der Waals surface area (Å²) in [6.07, 6.45) is -0.933. The van der Waals surface area contributed by atoms with Gasteiger partial charge in [-0.2, -0.15) is 0 Å². The minimum absolute atomic E-state index is 0.0520. The fourth-order valence-corrected chi connectivity index (χ4v) is 4.56. The van der Waals surface area contributed by atoms with Gasteiger partial charge in [-0.15, -0.1) is 0 Å². The first-order valence-corrected chi connectivity index (χ1v) is 9.63. The van der Waals surface area contributed by atoms with Gasteiger partial charge in [0, 0.05) is 0 Å². The van der Waals surface area contributed by atoms with Crippen LogP contribution in [0.25, 0.3) is 0 Å². The molecule has 0 N–H and O–H groups in total. The van der Waals surface area contributed by atoms with E-state index in [1.807, 2.05) is 37.3 Å². The number of cyclic esters (lactones) is 1. The molecule has 1 aliphatic rings. The summed E-state index contributed by atoms with van der Waals surface area (Å²) in [5, 5.41) is -0.918. The number of esters is 1. The fourth-order valence-electron chi connectivity index (χ4n) is 2.81. The van der Waals surface area contributed by atoms with Gasteiger partial charge < -0.3 is 9.47 Å². The zero-order valence-electron chi connectivity index (χ0n) is 13.9. The lowest BCUT2D eigenvalue weighted by Crippen LogP contribution is -2.33. The van der Waals surface area contributed by atoms with E-state index in [4.69, 9.17) is 9.47 Å². The first kappa shape index (κ1) is 17.6. The van der Waals surface area contributed by atoms with Gasteiger partial charge in [0.2, 0.25) is 0 Å². The third kappa shape index (κ3) is 4.08. The average Bonchev–Trinajstić information content (AvgIpc) is 2.98. The van der Waals surface area contributed by atoms with Crippen LogP contribution in [0.5, 0.6) is 0 Å². The van der Waals surface area contributed by atoms with Crippen LogP contribution in [-0.4, -0.2) is 32.3 Å². The van der Waals surface area contributed by atoms with Gasteiger partial charge in [0.05, 0.1) is 24.5 Å². The van der Waals surface area contributed by atoms with Crippen LogP contribution in [0, 0.1) is 6.92 Å². The van der Waals surface area contributed by atoms with E-state index >= 15 is 0 Å². The van der Waals surface area contributed by atoms with Crippen LogP contribution in [-0.2, 0) is 30.7 Å². The molecule has 1 aliphatic heterocycles. The molecule has 132 valence electrons. The highest BCUT2D eigenvalue weighted by Gasteiger charge is 2.44. The van der Waals surface area contributed by atoms with Crippen LogP contribution in [0.1, 0.15) is 17.5 Å². The number of carbonyl (C=O) groups excluding carboxylic acids is 1. The maximum atomic E-state index is 12.8. The summed E-state index contributed by atoms with van der Waals surface area (Å²) >= 11 is 0. The van der Waals surface area contributed by atoms with Gasteiger partial charge in [0.15, 0.2) is 9.84 Å². The lowest BCUT2D eigenvalue weighted by molar-refractivity contribution is -0.143. The minimum Gasteiger partial charge on any atom is -0.458 e. The second kappa shape index (κ2) is 7.37. The number of carbonyl (C=O) groups is 1. The second-order valence-corrected chi connectivity index (χ2v) is 8.30. The predicted octanol–water partition coefficient (Wildman–Crippen LogP) is 2.67. The Morgan fingerprint density at radius 1 is 1.08 bits per heavy atom. The highest BCUT2D eigenvalue weighted by molar-refractivity contribution is 7.92. The SMILES string of the molecule is Cc1ccc(S(=O)(=O)C2CC(=O)OC2COCc2ccccc2)cc1. The highest BCUT2D eigenvalue weighted by atomic mass is 32.2. The Hall–Kier alpha value is -2.18. The summed E-state index contributed by atoms with van der Waals surface area (Å²) in [7, 11) is -3.66. The normalized spacial score (nSPS) is 20.4. The van der Waals surface area contributed by atoms with Crippen LogP contribution in [0.3, 0.4) is 0 Å². The van der Waals surface area contributed by atoms with E-state index in [0.717, 1.165) is 11.1 Å². The fraction of sp³-hybridized carbons (Fsp3) is 0.316. The summed E-state index contributed by atoms with van der Waals surface area (Å²) < 4.78 is 36.5. The average molecular weight is 360 g/mol. The van der Waals surface area contributed by atoms with Crippen LogP contribution >= 0.6 is 0 Å². The predicted molar refractivity (Wildman–Crippen MR) is 92.7 cm³/mol. The van der Waals surface area contributed by atoms with Crippen molar-refractivity contribution in [1.29, 1.82) is 0 Å². The molecule has 0 saturated carbocycles. The Balaban J connectivity index is 1.70. The van der Waals surface area contributed by atoms with Crippen molar-refractivity contribution in [1.82, 2.24) is 0 Å². The van der Waals surface area contributed by atoms with Crippen LogP contribution in [0.15, 0.2) is 59.5 Å². The van der Waals surface area contributed by atoms with Gasteiger partial charge in [-0.25, -0.2) is 8.42 Å². The second-order valence-electron chi connectivity index (χ2n) is 6.13. The molecule has 2 unspecified atom stereocenters. The van der Waals surface area contributed by atoms with Gasteiger partial charge in [-0.3, -0.25) is 4.79 Å². The number of benzene rings is 2. The standard InChI is InChI=1S/C19H20O5S/c1-14-7-9-16(10-8-14)25(21,22)18-11-19(20)24-17(18)13-23-12-15-5-3-2-4-6-15/h2-10,17-18H,11-13H2,1H3. The number of rotatable bonds is 6. The van der Waals surface area contributed by atoms with Gasteiger partial charge in [-0.05, 0) is 24.6 Å². The Kier molecular flexibility index (Phi) is 5.20. The molecular formula is C19H20O5S. The third-order valence-corrected chi connectivity index (χ3v) is 6.40. The molecule has 6 heteroatoms. The summed E-state index contributed by atoms with van der Waals surface area (Å²) in [6, 6.07) is 16.2. The summed E-state index contributed by atoms with van der Waals surface area (Å²) in [5.41, 5.74) is 1.95. The number of sulfone groups is 1. The largest absolute Gasteiger partial charge is 0.458 e. The Bertz CT molecular complexity index is 828. The molecule has 3 rings (SSSR count). The van der Waals surface area contributed by atoms with Crippen molar-refractivity contribution >= 4 is 15.8 Å². The number of ether oxygens (including phenoxy) is 2. The van der Waals surface area contributed by atoms with Crippen molar-refractivity contribution in [2.75, 3.05) is 6.61 Å². The molecule has 1 heterocycles. The summed E-state index contributed by atoms with van der Waals surface area (Å²) in [5.74, 6) is -0.506. The van der Waals surface area contributed by atoms with Crippen molar-refractivity contribution in [3.05, 3.63) is 65.7 Å². The molecule has 2 atom stereocenters. The molecule has 0 radical (unpaired) electrons. The first-order valence-electron chi connectivity index (χ1n) is 8.08. The molecule has 2 aromatic rings. The topological polar surface area (TPSA) is 69.7 Å². The van der Waals surface area contributed by atoms with Crippen molar-refractivity contribution in [2.45, 2.75) is 36.2 Å². The molecule has 0 bridgehead atoms. The monoisotopic (exact) mass is 360 g/mol. The van der Waals surface area contributed by atoms with Crippen molar-refractivity contribution in [2.24, 2.45) is 0 Å². The molecule has 2 aromatic carbocycles. The smallest absolute Gasteiger partial charge is 0.307 e. The lowest BCUT2D eigenvalue weighted by Gasteiger charge is -2.18. The van der Waals surface area contributed by atoms with Gasteiger partial charge in [0.25, 0.3) is 0 Å². The van der Waals surface area contributed by atoms with Crippen molar-refractivity contribution in [3.63, 3.8) is 0 Å². The molecule has 5 nitrogen and oxygen atoms in total. The van der Waals surface area contributed by atoms with E-state index in [2.05, 4.69) is 0 Å². The molecule has 0 spiro atoms. The van der Waals surface area contributed by atoms with E-state index in [1.54, 1.807) is 24.3 Å². The molecule has 0 aromatic heterocycles. The molecule has 1 fully saturated rings. The highest BCUT2D eigenvalue weighted by Crippen LogP contribution is 2.28. The molecule has 1 saturated heterocycles. The van der Waals surface area contributed by atoms with Crippen molar-refractivity contribution < 1.29 is 22.7 Å². The number of hydrogen-bond donors (Lipinski definition) is 0. The first-order chi connectivity index (χ1) is 12.0. The third-order valence-electron chi connectivity index (χ3n) is 4.21. The minimum atomic E-state index is -3.66. The quantitative estimate of drug-likeness (QED) is 0.741. The molecule has 25 heavy (non-hydrogen) atoms. The maximum absolute atomic E-state index is 12.8. The van der Waals surface area contributed by atoms with Gasteiger partial charge in [0.1, 0.15) is 11.4 Å². The Morgan fingerprint density at radius 2 is 1.76 bits per heavy atom. The molecule has 0 aliphatic carbocycles. The van der Waals surface area contributed by atoms with E-state index in [0.29, 0.717) is 6.61 Å². The zero-order valence-corrected chi connectivity index (χ0v) is 14.7. The van der Waals surface area contributed by atoms with Crippen molar-refractivity contribution in [3.8, 4) is 0 Å². The molecule has 0 amide bonds. The Labute approximate surface area is 147 Å². The van der Waals surface area contributed by atoms with E-state index < -0.39 is 27.2 Å². The van der Waals surface area contributed by atoms with E-state index in [-0.39, 0.29) is 17.9 Å². The summed E-state index contributed by atoms with van der Waals surface area (Å²) in [6.45, 7) is 2.28.